The monoisotopic (exact) mass is 276 g/mol. The van der Waals surface area contributed by atoms with Gasteiger partial charge in [0.2, 0.25) is 0 Å². The molecule has 108 valence electrons. The predicted molar refractivity (Wildman–Crippen MR) is 75.9 cm³/mol. The molecule has 1 N–H and O–H groups in total. The Bertz CT molecular complexity index is 582. The van der Waals surface area contributed by atoms with Crippen molar-refractivity contribution in [3.63, 3.8) is 0 Å². The van der Waals surface area contributed by atoms with Crippen LogP contribution in [0.25, 0.3) is 0 Å². The smallest absolute Gasteiger partial charge is 0.194 e. The van der Waals surface area contributed by atoms with Crippen LogP contribution in [0.1, 0.15) is 11.4 Å². The van der Waals surface area contributed by atoms with Gasteiger partial charge < -0.3 is 10.2 Å². The molecule has 0 radical (unpaired) electrons. The van der Waals surface area contributed by atoms with Gasteiger partial charge in [-0.05, 0) is 0 Å². The number of nitrogens with zero attached hydrogens (tertiary/aromatic N) is 7. The Morgan fingerprint density at radius 1 is 1.40 bits per heavy atom. The molecule has 2 aromatic heterocycles. The Morgan fingerprint density at radius 2 is 2.20 bits per heavy atom. The highest BCUT2D eigenvalue weighted by molar-refractivity contribution is 5.79. The van der Waals surface area contributed by atoms with E-state index in [0.717, 1.165) is 23.9 Å². The van der Waals surface area contributed by atoms with E-state index in [2.05, 4.69) is 25.5 Å². The summed E-state index contributed by atoms with van der Waals surface area (Å²) in [5.41, 5.74) is 1.14. The fourth-order valence-corrected chi connectivity index (χ4v) is 1.93. The van der Waals surface area contributed by atoms with Gasteiger partial charge in [-0.15, -0.1) is 0 Å². The normalized spacial score (nSPS) is 11.7. The van der Waals surface area contributed by atoms with Crippen molar-refractivity contribution in [3.05, 3.63) is 30.1 Å². The first-order valence-corrected chi connectivity index (χ1v) is 6.32. The van der Waals surface area contributed by atoms with Gasteiger partial charge in [-0.25, -0.2) is 4.98 Å². The van der Waals surface area contributed by atoms with Gasteiger partial charge in [-0.3, -0.25) is 14.4 Å². The molecule has 0 fully saturated rings. The molecule has 8 nitrogen and oxygen atoms in total. The zero-order valence-electron chi connectivity index (χ0n) is 12.3. The summed E-state index contributed by atoms with van der Waals surface area (Å²) in [6, 6.07) is 0. The van der Waals surface area contributed by atoms with Crippen LogP contribution in [0.5, 0.6) is 0 Å². The van der Waals surface area contributed by atoms with E-state index in [9.17, 15) is 0 Å². The highest BCUT2D eigenvalue weighted by Crippen LogP contribution is 2.01. The molecular weight excluding hydrogens is 256 g/mol. The maximum absolute atomic E-state index is 4.27. The summed E-state index contributed by atoms with van der Waals surface area (Å²) in [6.07, 6.45) is 5.39. The van der Waals surface area contributed by atoms with Crippen LogP contribution < -0.4 is 5.32 Å². The zero-order valence-corrected chi connectivity index (χ0v) is 12.3. The topological polar surface area (TPSA) is 76.2 Å². The Morgan fingerprint density at radius 3 is 2.75 bits per heavy atom. The number of hydrogen-bond donors (Lipinski definition) is 1. The van der Waals surface area contributed by atoms with Crippen molar-refractivity contribution in [3.8, 4) is 0 Å². The SMILES string of the molecule is CN=C(NCc1ncnn1C)N(C)Cc1cnn(C)c1. The minimum atomic E-state index is 0.584. The largest absolute Gasteiger partial charge is 0.349 e. The van der Waals surface area contributed by atoms with Crippen molar-refractivity contribution in [2.45, 2.75) is 13.1 Å². The first kappa shape index (κ1) is 14.0. The van der Waals surface area contributed by atoms with Crippen molar-refractivity contribution < 1.29 is 0 Å². The number of guanidine groups is 1. The van der Waals surface area contributed by atoms with Crippen LogP contribution in [0.4, 0.5) is 0 Å². The highest BCUT2D eigenvalue weighted by Gasteiger charge is 2.09. The molecule has 0 saturated carbocycles. The third-order valence-corrected chi connectivity index (χ3v) is 2.96. The molecule has 0 unspecified atom stereocenters. The van der Waals surface area contributed by atoms with Crippen LogP contribution in [-0.2, 0) is 27.2 Å². The maximum atomic E-state index is 4.27. The molecule has 0 aliphatic rings. The van der Waals surface area contributed by atoms with Gasteiger partial charge in [0.15, 0.2) is 5.96 Å². The molecule has 2 heterocycles. The minimum Gasteiger partial charge on any atom is -0.349 e. The molecular formula is C12H20N8. The van der Waals surface area contributed by atoms with Crippen LogP contribution in [0, 0.1) is 0 Å². The van der Waals surface area contributed by atoms with Gasteiger partial charge in [0.25, 0.3) is 0 Å². The third-order valence-electron chi connectivity index (χ3n) is 2.96. The Kier molecular flexibility index (Phi) is 4.34. The molecule has 8 heteroatoms. The Balaban J connectivity index is 1.93. The lowest BCUT2D eigenvalue weighted by molar-refractivity contribution is 0.473. The van der Waals surface area contributed by atoms with E-state index in [4.69, 9.17) is 0 Å². The van der Waals surface area contributed by atoms with E-state index in [1.807, 2.05) is 38.4 Å². The quantitative estimate of drug-likeness (QED) is 0.616. The summed E-state index contributed by atoms with van der Waals surface area (Å²) in [6.45, 7) is 1.33. The molecule has 20 heavy (non-hydrogen) atoms. The molecule has 0 bridgehead atoms. The number of aromatic nitrogens is 5. The van der Waals surface area contributed by atoms with Crippen molar-refractivity contribution in [2.75, 3.05) is 14.1 Å². The Hall–Kier alpha value is -2.38. The number of aliphatic imine (C=N–C) groups is 1. The summed E-state index contributed by atoms with van der Waals surface area (Å²) in [4.78, 5) is 10.5. The fraction of sp³-hybridized carbons (Fsp3) is 0.500. The minimum absolute atomic E-state index is 0.584. The molecule has 0 aromatic carbocycles. The van der Waals surface area contributed by atoms with Gasteiger partial charge in [-0.2, -0.15) is 10.2 Å². The van der Waals surface area contributed by atoms with Crippen LogP contribution in [0.15, 0.2) is 23.7 Å². The summed E-state index contributed by atoms with van der Waals surface area (Å²) >= 11 is 0. The fourth-order valence-electron chi connectivity index (χ4n) is 1.93. The van der Waals surface area contributed by atoms with Crippen LogP contribution in [0.2, 0.25) is 0 Å². The highest BCUT2D eigenvalue weighted by atomic mass is 15.3. The lowest BCUT2D eigenvalue weighted by Gasteiger charge is -2.21. The van der Waals surface area contributed by atoms with Crippen molar-refractivity contribution in [1.29, 1.82) is 0 Å². The zero-order chi connectivity index (χ0) is 14.5. The average Bonchev–Trinajstić information content (AvgIpc) is 3.00. The summed E-state index contributed by atoms with van der Waals surface area (Å²) in [5, 5.41) is 11.5. The molecule has 0 aliphatic carbocycles. The third kappa shape index (κ3) is 3.34. The Labute approximate surface area is 118 Å². The van der Waals surface area contributed by atoms with Gasteiger partial charge in [0, 0.05) is 46.5 Å². The van der Waals surface area contributed by atoms with Crippen molar-refractivity contribution in [1.82, 2.24) is 34.8 Å². The first-order valence-electron chi connectivity index (χ1n) is 6.32. The van der Waals surface area contributed by atoms with Crippen molar-refractivity contribution >= 4 is 5.96 Å². The van der Waals surface area contributed by atoms with Gasteiger partial charge in [0.05, 0.1) is 12.7 Å². The van der Waals surface area contributed by atoms with E-state index in [1.165, 1.54) is 0 Å². The van der Waals surface area contributed by atoms with E-state index >= 15 is 0 Å². The second-order valence-electron chi connectivity index (χ2n) is 4.58. The number of rotatable bonds is 4. The number of hydrogen-bond acceptors (Lipinski definition) is 4. The van der Waals surface area contributed by atoms with Gasteiger partial charge in [0.1, 0.15) is 12.2 Å². The second kappa shape index (κ2) is 6.18. The summed E-state index contributed by atoms with van der Waals surface area (Å²) < 4.78 is 3.53. The van der Waals surface area contributed by atoms with Gasteiger partial charge in [-0.1, -0.05) is 0 Å². The lowest BCUT2D eigenvalue weighted by atomic mass is 10.3. The number of nitrogens with one attached hydrogen (secondary N) is 1. The van der Waals surface area contributed by atoms with E-state index in [1.54, 1.807) is 22.7 Å². The summed E-state index contributed by atoms with van der Waals surface area (Å²) in [7, 11) is 7.52. The predicted octanol–water partition coefficient (Wildman–Crippen LogP) is -0.244. The second-order valence-corrected chi connectivity index (χ2v) is 4.58. The standard InChI is InChI=1S/C12H20N8/c1-13-12(14-6-11-15-9-17-20(11)4)18(2)7-10-5-16-19(3)8-10/h5,8-9H,6-7H2,1-4H3,(H,13,14). The van der Waals surface area contributed by atoms with Crippen LogP contribution in [0.3, 0.4) is 0 Å². The molecule has 2 aromatic rings. The molecule has 2 rings (SSSR count). The van der Waals surface area contributed by atoms with E-state index in [-0.39, 0.29) is 0 Å². The molecule has 0 spiro atoms. The summed E-state index contributed by atoms with van der Waals surface area (Å²) in [5.74, 6) is 1.66. The molecule has 0 saturated heterocycles. The molecule has 0 atom stereocenters. The van der Waals surface area contributed by atoms with E-state index in [0.29, 0.717) is 6.54 Å². The van der Waals surface area contributed by atoms with Crippen LogP contribution >= 0.6 is 0 Å². The van der Waals surface area contributed by atoms with Gasteiger partial charge >= 0.3 is 0 Å². The molecule has 0 aliphatic heterocycles. The van der Waals surface area contributed by atoms with Crippen molar-refractivity contribution in [2.24, 2.45) is 19.1 Å². The van der Waals surface area contributed by atoms with E-state index < -0.39 is 0 Å². The first-order chi connectivity index (χ1) is 9.60. The maximum Gasteiger partial charge on any atom is 0.194 e. The number of aryl methyl sites for hydroxylation is 2. The van der Waals surface area contributed by atoms with Crippen LogP contribution in [-0.4, -0.2) is 49.5 Å². The lowest BCUT2D eigenvalue weighted by Crippen LogP contribution is -2.38. The average molecular weight is 276 g/mol. The molecule has 0 amide bonds.